The molecule has 0 heterocycles. The first-order valence-corrected chi connectivity index (χ1v) is 7.59. The minimum atomic E-state index is -0.947. The molecule has 0 fully saturated rings. The number of rotatable bonds is 3. The Morgan fingerprint density at radius 1 is 0.857 bits per heavy atom. The molecule has 3 heteroatoms. The molecular formula is C18H18BrFO. The Kier molecular flexibility index (Phi) is 4.33. The summed E-state index contributed by atoms with van der Waals surface area (Å²) in [6.45, 7) is 6.43. The molecule has 2 aromatic carbocycles. The van der Waals surface area contributed by atoms with Gasteiger partial charge in [-0.05, 0) is 34.2 Å². The highest BCUT2D eigenvalue weighted by atomic mass is 79.9. The van der Waals surface area contributed by atoms with E-state index in [2.05, 4.69) is 36.7 Å². The maximum absolute atomic E-state index is 13.1. The number of hydrogen-bond donors (Lipinski definition) is 0. The molecule has 0 bridgehead atoms. The van der Waals surface area contributed by atoms with Gasteiger partial charge in [-0.2, -0.15) is 0 Å². The fourth-order valence-electron chi connectivity index (χ4n) is 2.21. The third-order valence-corrected chi connectivity index (χ3v) is 4.70. The molecule has 110 valence electrons. The summed E-state index contributed by atoms with van der Waals surface area (Å²) in [5, 5.41) is 0. The molecule has 2 rings (SSSR count). The number of carbonyl (C=O) groups is 1. The highest BCUT2D eigenvalue weighted by Gasteiger charge is 2.31. The van der Waals surface area contributed by atoms with E-state index in [9.17, 15) is 9.18 Å². The number of hydrogen-bond acceptors (Lipinski definition) is 1. The van der Waals surface area contributed by atoms with Crippen LogP contribution in [0.5, 0.6) is 0 Å². The zero-order valence-electron chi connectivity index (χ0n) is 12.4. The number of benzene rings is 2. The third kappa shape index (κ3) is 3.24. The Morgan fingerprint density at radius 2 is 1.24 bits per heavy atom. The van der Waals surface area contributed by atoms with Crippen LogP contribution in [0.15, 0.2) is 48.5 Å². The Hall–Kier alpha value is -1.48. The molecule has 0 N–H and O–H groups in total. The van der Waals surface area contributed by atoms with Crippen LogP contribution < -0.4 is 0 Å². The van der Waals surface area contributed by atoms with Crippen molar-refractivity contribution in [1.29, 1.82) is 0 Å². The molecule has 0 saturated heterocycles. The van der Waals surface area contributed by atoms with Crippen LogP contribution >= 0.6 is 15.9 Å². The maximum Gasteiger partial charge on any atom is 0.145 e. The van der Waals surface area contributed by atoms with E-state index in [0.717, 1.165) is 11.8 Å². The van der Waals surface area contributed by atoms with E-state index in [0.29, 0.717) is 5.56 Å². The monoisotopic (exact) mass is 348 g/mol. The van der Waals surface area contributed by atoms with Crippen LogP contribution in [0.2, 0.25) is 0 Å². The Bertz CT molecular complexity index is 626. The smallest absolute Gasteiger partial charge is 0.145 e. The summed E-state index contributed by atoms with van der Waals surface area (Å²) in [5.41, 5.74) is 2.80. The lowest BCUT2D eigenvalue weighted by molar-refractivity contribution is -0.109. The fraction of sp³-hybridized carbons (Fsp3) is 0.278. The highest BCUT2D eigenvalue weighted by Crippen LogP contribution is 2.37. The van der Waals surface area contributed by atoms with Crippen LogP contribution in [0.4, 0.5) is 4.39 Å². The maximum atomic E-state index is 13.1. The van der Waals surface area contributed by atoms with Gasteiger partial charge in [0.25, 0.3) is 0 Å². The van der Waals surface area contributed by atoms with E-state index >= 15 is 0 Å². The SMILES string of the molecule is CC(C)(C)c1ccc([C@@](Br)(C=O)c2ccc(F)cc2)cc1. The summed E-state index contributed by atoms with van der Waals surface area (Å²) in [4.78, 5) is 11.7. The summed E-state index contributed by atoms with van der Waals surface area (Å²) < 4.78 is 12.1. The third-order valence-electron chi connectivity index (χ3n) is 3.60. The molecule has 0 amide bonds. The van der Waals surface area contributed by atoms with Crippen molar-refractivity contribution in [3.05, 3.63) is 71.0 Å². The van der Waals surface area contributed by atoms with Crippen LogP contribution in [0.3, 0.4) is 0 Å². The zero-order valence-corrected chi connectivity index (χ0v) is 13.9. The first-order chi connectivity index (χ1) is 9.77. The molecule has 0 aliphatic carbocycles. The van der Waals surface area contributed by atoms with Crippen LogP contribution in [0.25, 0.3) is 0 Å². The molecule has 0 aliphatic rings. The standard InChI is InChI=1S/C18H18BrFO/c1-17(2,3)13-4-6-14(7-5-13)18(19,12-21)15-8-10-16(20)11-9-15/h4-12H,1-3H3/t18-/m0/s1. The summed E-state index contributed by atoms with van der Waals surface area (Å²) >= 11 is 3.51. The van der Waals surface area contributed by atoms with Crippen LogP contribution in [0, 0.1) is 5.82 Å². The van der Waals surface area contributed by atoms with Gasteiger partial charge in [0.15, 0.2) is 0 Å². The lowest BCUT2D eigenvalue weighted by Crippen LogP contribution is -2.22. The quantitative estimate of drug-likeness (QED) is 0.565. The zero-order chi connectivity index (χ0) is 15.7. The second-order valence-electron chi connectivity index (χ2n) is 6.16. The summed E-state index contributed by atoms with van der Waals surface area (Å²) in [6.07, 6.45) is 0.840. The number of aldehydes is 1. The van der Waals surface area contributed by atoms with E-state index in [-0.39, 0.29) is 11.2 Å². The van der Waals surface area contributed by atoms with Crippen molar-refractivity contribution >= 4 is 22.2 Å². The van der Waals surface area contributed by atoms with Gasteiger partial charge in [-0.1, -0.05) is 73.1 Å². The van der Waals surface area contributed by atoms with Gasteiger partial charge >= 0.3 is 0 Å². The molecule has 0 aromatic heterocycles. The summed E-state index contributed by atoms with van der Waals surface area (Å²) in [6, 6.07) is 13.9. The first kappa shape index (κ1) is 15.9. The van der Waals surface area contributed by atoms with Crippen LogP contribution in [-0.2, 0) is 14.5 Å². The van der Waals surface area contributed by atoms with E-state index in [1.54, 1.807) is 12.1 Å². The van der Waals surface area contributed by atoms with Gasteiger partial charge < -0.3 is 4.79 Å². The predicted octanol–water partition coefficient (Wildman–Crippen LogP) is 4.96. The van der Waals surface area contributed by atoms with E-state index in [4.69, 9.17) is 0 Å². The van der Waals surface area contributed by atoms with Gasteiger partial charge in [0, 0.05) is 0 Å². The van der Waals surface area contributed by atoms with Gasteiger partial charge in [0.1, 0.15) is 16.4 Å². The topological polar surface area (TPSA) is 17.1 Å². The Balaban J connectivity index is 2.45. The molecule has 2 aromatic rings. The average Bonchev–Trinajstić information content (AvgIpc) is 2.46. The molecule has 0 unspecified atom stereocenters. The first-order valence-electron chi connectivity index (χ1n) is 6.80. The van der Waals surface area contributed by atoms with Gasteiger partial charge in [-0.15, -0.1) is 0 Å². The molecule has 0 spiro atoms. The number of carbonyl (C=O) groups excluding carboxylic acids is 1. The van der Waals surface area contributed by atoms with Gasteiger partial charge in [-0.3, -0.25) is 0 Å². The van der Waals surface area contributed by atoms with E-state index < -0.39 is 4.32 Å². The van der Waals surface area contributed by atoms with Crippen molar-refractivity contribution in [3.8, 4) is 0 Å². The molecule has 0 aliphatic heterocycles. The second-order valence-corrected chi connectivity index (χ2v) is 7.41. The van der Waals surface area contributed by atoms with Gasteiger partial charge in [0.05, 0.1) is 0 Å². The van der Waals surface area contributed by atoms with Crippen LogP contribution in [-0.4, -0.2) is 6.29 Å². The van der Waals surface area contributed by atoms with E-state index in [1.807, 2.05) is 24.3 Å². The minimum absolute atomic E-state index is 0.0601. The molecule has 1 nitrogen and oxygen atoms in total. The largest absolute Gasteiger partial charge is 0.301 e. The summed E-state index contributed by atoms with van der Waals surface area (Å²) in [5.74, 6) is -0.317. The number of halogens is 2. The van der Waals surface area contributed by atoms with Gasteiger partial charge in [0.2, 0.25) is 0 Å². The van der Waals surface area contributed by atoms with Gasteiger partial charge in [-0.25, -0.2) is 4.39 Å². The fourth-order valence-corrected chi connectivity index (χ4v) is 2.74. The molecule has 0 saturated carbocycles. The Morgan fingerprint density at radius 3 is 1.62 bits per heavy atom. The lowest BCUT2D eigenvalue weighted by atomic mass is 9.84. The molecule has 0 radical (unpaired) electrons. The minimum Gasteiger partial charge on any atom is -0.301 e. The highest BCUT2D eigenvalue weighted by molar-refractivity contribution is 9.10. The summed E-state index contributed by atoms with van der Waals surface area (Å²) in [7, 11) is 0. The molecule has 1 atom stereocenters. The van der Waals surface area contributed by atoms with E-state index in [1.165, 1.54) is 17.7 Å². The lowest BCUT2D eigenvalue weighted by Gasteiger charge is -2.24. The second kappa shape index (κ2) is 5.72. The van der Waals surface area contributed by atoms with Crippen molar-refractivity contribution < 1.29 is 9.18 Å². The van der Waals surface area contributed by atoms with Crippen molar-refractivity contribution in [2.24, 2.45) is 0 Å². The van der Waals surface area contributed by atoms with Crippen LogP contribution in [0.1, 0.15) is 37.5 Å². The normalized spacial score (nSPS) is 14.5. The van der Waals surface area contributed by atoms with Crippen molar-refractivity contribution in [2.45, 2.75) is 30.5 Å². The van der Waals surface area contributed by atoms with Crippen molar-refractivity contribution in [2.75, 3.05) is 0 Å². The average molecular weight is 349 g/mol. The predicted molar refractivity (Wildman–Crippen MR) is 87.3 cm³/mol. The number of alkyl halides is 1. The Labute approximate surface area is 133 Å². The van der Waals surface area contributed by atoms with Crippen molar-refractivity contribution in [3.63, 3.8) is 0 Å². The molecule has 21 heavy (non-hydrogen) atoms. The molecular weight excluding hydrogens is 331 g/mol. The van der Waals surface area contributed by atoms with Crippen molar-refractivity contribution in [1.82, 2.24) is 0 Å².